The molecule has 1 saturated heterocycles. The number of halogens is 2. The number of likely N-dealkylation sites (tertiary alicyclic amines) is 1. The number of amides is 1. The fourth-order valence-corrected chi connectivity index (χ4v) is 5.07. The molecular weight excluding hydrogens is 449 g/mol. The largest absolute Gasteiger partial charge is 0.469 e. The Kier molecular flexibility index (Phi) is 7.86. The summed E-state index contributed by atoms with van der Waals surface area (Å²) in [4.78, 5) is 28.0. The van der Waals surface area contributed by atoms with Crippen molar-refractivity contribution < 1.29 is 19.4 Å². The number of piperidine rings is 1. The third kappa shape index (κ3) is 5.11. The molecule has 0 unspecified atom stereocenters. The average molecular weight is 478 g/mol. The minimum Gasteiger partial charge on any atom is -0.469 e. The molecule has 1 aliphatic heterocycles. The summed E-state index contributed by atoms with van der Waals surface area (Å²) in [7, 11) is 1.33. The molecule has 4 atom stereocenters. The summed E-state index contributed by atoms with van der Waals surface area (Å²) in [6.45, 7) is 3.70. The molecule has 0 spiro atoms. The number of benzene rings is 2. The number of nitrogens with zero attached hydrogens (tertiary/aromatic N) is 1. The van der Waals surface area contributed by atoms with Crippen molar-refractivity contribution in [1.29, 1.82) is 0 Å². The van der Waals surface area contributed by atoms with E-state index in [4.69, 9.17) is 27.9 Å². The van der Waals surface area contributed by atoms with E-state index in [9.17, 15) is 14.7 Å². The first-order chi connectivity index (χ1) is 15.2. The molecule has 0 aliphatic carbocycles. The maximum absolute atomic E-state index is 13.9. The van der Waals surface area contributed by atoms with Crippen LogP contribution < -0.4 is 0 Å². The van der Waals surface area contributed by atoms with Gasteiger partial charge in [0.15, 0.2) is 0 Å². The van der Waals surface area contributed by atoms with E-state index in [0.717, 1.165) is 11.1 Å². The standard InChI is InChI=1S/C25H29Cl2NO4/c1-16(11-12-29)28-23(17-7-9-19(26)10-8-17)21(18-5-4-6-20(27)13-18)14-25(2,24(28)31)15-22(30)32-3/h4-10,13,16,21,23,29H,11-12,14-15H2,1-3H3/t16-,21+,23+,25+/m0/s1. The summed E-state index contributed by atoms with van der Waals surface area (Å²) in [5.74, 6) is -0.671. The van der Waals surface area contributed by atoms with Gasteiger partial charge in [0, 0.05) is 28.6 Å². The van der Waals surface area contributed by atoms with E-state index in [1.807, 2.05) is 67.3 Å². The number of rotatable bonds is 7. The van der Waals surface area contributed by atoms with E-state index in [0.29, 0.717) is 22.9 Å². The van der Waals surface area contributed by atoms with E-state index in [1.54, 1.807) is 0 Å². The highest BCUT2D eigenvalue weighted by molar-refractivity contribution is 6.30. The predicted octanol–water partition coefficient (Wildman–Crippen LogP) is 5.39. The van der Waals surface area contributed by atoms with Gasteiger partial charge < -0.3 is 14.7 Å². The van der Waals surface area contributed by atoms with Gasteiger partial charge in [-0.25, -0.2) is 0 Å². The molecule has 0 aromatic heterocycles. The first-order valence-corrected chi connectivity index (χ1v) is 11.5. The molecule has 0 saturated carbocycles. The Bertz CT molecular complexity index is 965. The fourth-order valence-electron chi connectivity index (χ4n) is 4.75. The Labute approximate surface area is 199 Å². The lowest BCUT2D eigenvalue weighted by Gasteiger charge is -2.51. The highest BCUT2D eigenvalue weighted by Gasteiger charge is 2.51. The van der Waals surface area contributed by atoms with E-state index >= 15 is 0 Å². The first-order valence-electron chi connectivity index (χ1n) is 10.7. The van der Waals surface area contributed by atoms with Gasteiger partial charge in [-0.15, -0.1) is 0 Å². The lowest BCUT2D eigenvalue weighted by Crippen LogP contribution is -2.55. The quantitative estimate of drug-likeness (QED) is 0.542. The maximum Gasteiger partial charge on any atom is 0.306 e. The Balaban J connectivity index is 2.19. The minimum absolute atomic E-state index is 0.0188. The van der Waals surface area contributed by atoms with Gasteiger partial charge in [0.2, 0.25) is 5.91 Å². The Morgan fingerprint density at radius 2 is 1.88 bits per heavy atom. The first kappa shape index (κ1) is 24.6. The fraction of sp³-hybridized carbons (Fsp3) is 0.440. The van der Waals surface area contributed by atoms with Crippen LogP contribution in [0, 0.1) is 5.41 Å². The highest BCUT2D eigenvalue weighted by atomic mass is 35.5. The van der Waals surface area contributed by atoms with Crippen LogP contribution in [0.5, 0.6) is 0 Å². The molecule has 7 heteroatoms. The topological polar surface area (TPSA) is 66.8 Å². The number of hydrogen-bond acceptors (Lipinski definition) is 4. The van der Waals surface area contributed by atoms with Crippen LogP contribution in [0.25, 0.3) is 0 Å². The number of aliphatic hydroxyl groups is 1. The minimum atomic E-state index is -0.952. The van der Waals surface area contributed by atoms with Gasteiger partial charge in [-0.05, 0) is 55.2 Å². The van der Waals surface area contributed by atoms with Crippen LogP contribution in [-0.4, -0.2) is 41.6 Å². The summed E-state index contributed by atoms with van der Waals surface area (Å²) in [5.41, 5.74) is 0.979. The zero-order valence-corrected chi connectivity index (χ0v) is 20.1. The molecule has 1 N–H and O–H groups in total. The van der Waals surface area contributed by atoms with Crippen molar-refractivity contribution >= 4 is 35.1 Å². The Hall–Kier alpha value is -2.08. The molecular formula is C25H29Cl2NO4. The van der Waals surface area contributed by atoms with Crippen molar-refractivity contribution in [3.8, 4) is 0 Å². The van der Waals surface area contributed by atoms with Crippen LogP contribution in [0.3, 0.4) is 0 Å². The maximum atomic E-state index is 13.9. The second kappa shape index (κ2) is 10.2. The number of aliphatic hydroxyl groups excluding tert-OH is 1. The second-order valence-electron chi connectivity index (χ2n) is 8.75. The Morgan fingerprint density at radius 3 is 2.47 bits per heavy atom. The number of ether oxygens (including phenoxy) is 1. The SMILES string of the molecule is COC(=O)C[C@@]1(C)C[C@H](c2cccc(Cl)c2)[C@@H](c2ccc(Cl)cc2)N([C@@H](C)CCO)C1=O. The molecule has 1 fully saturated rings. The van der Waals surface area contributed by atoms with Crippen molar-refractivity contribution in [3.05, 3.63) is 69.7 Å². The average Bonchev–Trinajstić information content (AvgIpc) is 2.76. The molecule has 0 radical (unpaired) electrons. The Morgan fingerprint density at radius 1 is 1.19 bits per heavy atom. The summed E-state index contributed by atoms with van der Waals surface area (Å²) in [6, 6.07) is 14.6. The van der Waals surface area contributed by atoms with Gasteiger partial charge in [0.25, 0.3) is 0 Å². The predicted molar refractivity (Wildman–Crippen MR) is 126 cm³/mol. The van der Waals surface area contributed by atoms with Crippen molar-refractivity contribution in [2.75, 3.05) is 13.7 Å². The highest BCUT2D eigenvalue weighted by Crippen LogP contribution is 2.52. The molecule has 32 heavy (non-hydrogen) atoms. The van der Waals surface area contributed by atoms with E-state index < -0.39 is 11.4 Å². The lowest BCUT2D eigenvalue weighted by atomic mass is 9.67. The number of carbonyl (C=O) groups excluding carboxylic acids is 2. The molecule has 1 amide bonds. The third-order valence-corrected chi connectivity index (χ3v) is 6.86. The summed E-state index contributed by atoms with van der Waals surface area (Å²) in [5, 5.41) is 10.9. The van der Waals surface area contributed by atoms with Crippen molar-refractivity contribution in [1.82, 2.24) is 4.90 Å². The van der Waals surface area contributed by atoms with Crippen LogP contribution >= 0.6 is 23.2 Å². The zero-order valence-electron chi connectivity index (χ0n) is 18.6. The van der Waals surface area contributed by atoms with Crippen LogP contribution in [0.4, 0.5) is 0 Å². The van der Waals surface area contributed by atoms with Gasteiger partial charge in [-0.3, -0.25) is 9.59 Å². The van der Waals surface area contributed by atoms with Gasteiger partial charge in [-0.2, -0.15) is 0 Å². The van der Waals surface area contributed by atoms with E-state index in [1.165, 1.54) is 7.11 Å². The summed E-state index contributed by atoms with van der Waals surface area (Å²) >= 11 is 12.5. The number of hydrogen-bond donors (Lipinski definition) is 1. The van der Waals surface area contributed by atoms with Crippen molar-refractivity contribution in [2.45, 2.75) is 51.1 Å². The van der Waals surface area contributed by atoms with Crippen molar-refractivity contribution in [3.63, 3.8) is 0 Å². The second-order valence-corrected chi connectivity index (χ2v) is 9.62. The van der Waals surface area contributed by atoms with Gasteiger partial charge in [-0.1, -0.05) is 54.4 Å². The molecule has 1 heterocycles. The molecule has 172 valence electrons. The van der Waals surface area contributed by atoms with Gasteiger partial charge in [0.05, 0.1) is 25.0 Å². The summed E-state index contributed by atoms with van der Waals surface area (Å²) < 4.78 is 4.91. The number of esters is 1. The summed E-state index contributed by atoms with van der Waals surface area (Å²) in [6.07, 6.45) is 0.860. The van der Waals surface area contributed by atoms with Gasteiger partial charge in [0.1, 0.15) is 0 Å². The van der Waals surface area contributed by atoms with Crippen LogP contribution in [0.1, 0.15) is 56.2 Å². The van der Waals surface area contributed by atoms with Crippen LogP contribution in [0.2, 0.25) is 10.0 Å². The zero-order chi connectivity index (χ0) is 23.5. The molecule has 3 rings (SSSR count). The lowest BCUT2D eigenvalue weighted by molar-refractivity contribution is -0.161. The number of methoxy groups -OCH3 is 1. The molecule has 2 aromatic carbocycles. The van der Waals surface area contributed by atoms with Gasteiger partial charge >= 0.3 is 5.97 Å². The van der Waals surface area contributed by atoms with E-state index in [-0.39, 0.29) is 36.9 Å². The van der Waals surface area contributed by atoms with Crippen LogP contribution in [0.15, 0.2) is 48.5 Å². The molecule has 1 aliphatic rings. The molecule has 5 nitrogen and oxygen atoms in total. The molecule has 0 bridgehead atoms. The smallest absolute Gasteiger partial charge is 0.306 e. The molecule has 2 aromatic rings. The van der Waals surface area contributed by atoms with E-state index in [2.05, 4.69) is 0 Å². The number of carbonyl (C=O) groups is 2. The van der Waals surface area contributed by atoms with Crippen molar-refractivity contribution in [2.24, 2.45) is 5.41 Å². The normalized spacial score (nSPS) is 24.3. The van der Waals surface area contributed by atoms with Crippen LogP contribution in [-0.2, 0) is 14.3 Å². The third-order valence-electron chi connectivity index (χ3n) is 6.37. The monoisotopic (exact) mass is 477 g/mol.